The fourth-order valence-corrected chi connectivity index (χ4v) is 3.53. The standard InChI is InChI=1S/C18H19ClN2O2/c1-3-5-12-11(4-2)10-21(18(12)23)17-16-13(8-9-20-17)14(19)6-7-15(16)22/h3-7,17,20,22H,1,8-10H2,2H3/b11-4-,12-5+. The summed E-state index contributed by atoms with van der Waals surface area (Å²) in [5.41, 5.74) is 3.22. The van der Waals surface area contributed by atoms with Gasteiger partial charge in [-0.2, -0.15) is 0 Å². The van der Waals surface area contributed by atoms with Crippen molar-refractivity contribution in [2.24, 2.45) is 0 Å². The van der Waals surface area contributed by atoms with E-state index in [1.807, 2.05) is 13.0 Å². The zero-order valence-corrected chi connectivity index (χ0v) is 13.7. The van der Waals surface area contributed by atoms with Gasteiger partial charge >= 0.3 is 0 Å². The fraction of sp³-hybridized carbons (Fsp3) is 0.278. The van der Waals surface area contributed by atoms with E-state index in [4.69, 9.17) is 11.6 Å². The average Bonchev–Trinajstić information content (AvgIpc) is 2.87. The first-order chi connectivity index (χ1) is 11.1. The van der Waals surface area contributed by atoms with Crippen LogP contribution in [0, 0.1) is 0 Å². The second-order valence-electron chi connectivity index (χ2n) is 5.63. The second-order valence-corrected chi connectivity index (χ2v) is 6.04. The zero-order valence-electron chi connectivity index (χ0n) is 13.0. The molecule has 2 aliphatic rings. The van der Waals surface area contributed by atoms with Crippen LogP contribution >= 0.6 is 11.6 Å². The van der Waals surface area contributed by atoms with Gasteiger partial charge in [0.2, 0.25) is 0 Å². The molecule has 120 valence electrons. The summed E-state index contributed by atoms with van der Waals surface area (Å²) >= 11 is 6.28. The number of aromatic hydroxyl groups is 1. The molecule has 1 atom stereocenters. The first kappa shape index (κ1) is 15.8. The summed E-state index contributed by atoms with van der Waals surface area (Å²) in [5.74, 6) is 0.0975. The number of hydrogen-bond acceptors (Lipinski definition) is 3. The van der Waals surface area contributed by atoms with E-state index in [0.717, 1.165) is 17.6 Å². The number of phenolic OH excluding ortho intramolecular Hbond substituents is 1. The fourth-order valence-electron chi connectivity index (χ4n) is 3.27. The summed E-state index contributed by atoms with van der Waals surface area (Å²) in [6.45, 7) is 6.80. The van der Waals surface area contributed by atoms with Gasteiger partial charge in [0.1, 0.15) is 11.9 Å². The number of halogens is 1. The molecular formula is C18H19ClN2O2. The zero-order chi connectivity index (χ0) is 16.6. The van der Waals surface area contributed by atoms with E-state index in [1.54, 1.807) is 29.2 Å². The smallest absolute Gasteiger partial charge is 0.256 e. The molecule has 0 saturated carbocycles. The monoisotopic (exact) mass is 330 g/mol. The van der Waals surface area contributed by atoms with Gasteiger partial charge in [-0.1, -0.05) is 30.3 Å². The van der Waals surface area contributed by atoms with Gasteiger partial charge in [-0.15, -0.1) is 0 Å². The largest absolute Gasteiger partial charge is 0.508 e. The topological polar surface area (TPSA) is 52.6 Å². The number of rotatable bonds is 2. The number of nitrogens with one attached hydrogen (secondary N) is 1. The lowest BCUT2D eigenvalue weighted by molar-refractivity contribution is -0.127. The number of amides is 1. The molecule has 0 radical (unpaired) electrons. The molecule has 4 nitrogen and oxygen atoms in total. The Balaban J connectivity index is 2.06. The number of allylic oxidation sites excluding steroid dienone is 3. The van der Waals surface area contributed by atoms with Crippen molar-refractivity contribution >= 4 is 17.5 Å². The molecule has 0 aromatic heterocycles. The Hall–Kier alpha value is -2.04. The molecule has 1 aromatic rings. The van der Waals surface area contributed by atoms with Gasteiger partial charge in [0.25, 0.3) is 5.91 Å². The lowest BCUT2D eigenvalue weighted by atomic mass is 9.96. The van der Waals surface area contributed by atoms with E-state index < -0.39 is 0 Å². The van der Waals surface area contributed by atoms with Crippen molar-refractivity contribution < 1.29 is 9.90 Å². The highest BCUT2D eigenvalue weighted by Crippen LogP contribution is 2.40. The van der Waals surface area contributed by atoms with Gasteiger partial charge < -0.3 is 10.0 Å². The Morgan fingerprint density at radius 3 is 2.96 bits per heavy atom. The van der Waals surface area contributed by atoms with Crippen LogP contribution < -0.4 is 5.32 Å². The number of carbonyl (C=O) groups is 1. The molecule has 1 aromatic carbocycles. The third kappa shape index (κ3) is 2.58. The van der Waals surface area contributed by atoms with E-state index in [0.29, 0.717) is 29.2 Å². The minimum atomic E-state index is -0.379. The predicted molar refractivity (Wildman–Crippen MR) is 91.3 cm³/mol. The minimum Gasteiger partial charge on any atom is -0.508 e. The Morgan fingerprint density at radius 1 is 1.48 bits per heavy atom. The number of benzene rings is 1. The highest BCUT2D eigenvalue weighted by molar-refractivity contribution is 6.31. The molecule has 3 rings (SSSR count). The van der Waals surface area contributed by atoms with Crippen LogP contribution in [-0.2, 0) is 11.2 Å². The predicted octanol–water partition coefficient (Wildman–Crippen LogP) is 3.09. The molecule has 2 N–H and O–H groups in total. The Kier molecular flexibility index (Phi) is 4.28. The van der Waals surface area contributed by atoms with E-state index in [-0.39, 0.29) is 17.8 Å². The molecule has 2 aliphatic heterocycles. The summed E-state index contributed by atoms with van der Waals surface area (Å²) in [5, 5.41) is 14.3. The molecule has 0 spiro atoms. The number of likely N-dealkylation sites (tertiary alicyclic amines) is 1. The SMILES string of the molecule is C=C/C=C1/C(=O)N(C2NCCc3c(Cl)ccc(O)c32)C/C1=C/C. The van der Waals surface area contributed by atoms with Gasteiger partial charge in [0, 0.05) is 29.2 Å². The summed E-state index contributed by atoms with van der Waals surface area (Å²) in [6, 6.07) is 3.28. The van der Waals surface area contributed by atoms with E-state index in [1.165, 1.54) is 0 Å². The van der Waals surface area contributed by atoms with Gasteiger partial charge in [-0.25, -0.2) is 0 Å². The quantitative estimate of drug-likeness (QED) is 0.819. The van der Waals surface area contributed by atoms with Crippen LogP contribution in [0.15, 0.2) is 48.1 Å². The first-order valence-electron chi connectivity index (χ1n) is 7.61. The van der Waals surface area contributed by atoms with Crippen molar-refractivity contribution in [3.8, 4) is 5.75 Å². The molecule has 1 amide bonds. The molecule has 1 saturated heterocycles. The van der Waals surface area contributed by atoms with Crippen LogP contribution in [-0.4, -0.2) is 29.0 Å². The Bertz CT molecular complexity index is 737. The number of fused-ring (bicyclic) bond motifs is 1. The molecule has 0 bridgehead atoms. The van der Waals surface area contributed by atoms with Gasteiger partial charge in [-0.3, -0.25) is 10.1 Å². The van der Waals surface area contributed by atoms with Crippen molar-refractivity contribution in [1.29, 1.82) is 0 Å². The molecule has 0 aliphatic carbocycles. The number of nitrogens with zero attached hydrogens (tertiary/aromatic N) is 1. The average molecular weight is 331 g/mol. The van der Waals surface area contributed by atoms with Crippen LogP contribution in [0.3, 0.4) is 0 Å². The lowest BCUT2D eigenvalue weighted by Gasteiger charge is -2.34. The summed E-state index contributed by atoms with van der Waals surface area (Å²) in [6.07, 6.45) is 5.65. The van der Waals surface area contributed by atoms with Gasteiger partial charge in [0.05, 0.1) is 0 Å². The maximum Gasteiger partial charge on any atom is 0.256 e. The first-order valence-corrected chi connectivity index (χ1v) is 7.99. The van der Waals surface area contributed by atoms with Crippen LogP contribution in [0.2, 0.25) is 5.02 Å². The summed E-state index contributed by atoms with van der Waals surface area (Å²) < 4.78 is 0. The molecule has 5 heteroatoms. The maximum atomic E-state index is 12.8. The van der Waals surface area contributed by atoms with Crippen molar-refractivity contribution in [1.82, 2.24) is 10.2 Å². The molecule has 2 heterocycles. The highest BCUT2D eigenvalue weighted by atomic mass is 35.5. The summed E-state index contributed by atoms with van der Waals surface area (Å²) in [4.78, 5) is 14.5. The number of carbonyl (C=O) groups excluding carboxylic acids is 1. The van der Waals surface area contributed by atoms with Crippen LogP contribution in [0.1, 0.15) is 24.2 Å². The van der Waals surface area contributed by atoms with Crippen molar-refractivity contribution in [2.45, 2.75) is 19.5 Å². The Labute approximate surface area is 140 Å². The third-order valence-corrected chi connectivity index (χ3v) is 4.74. The highest BCUT2D eigenvalue weighted by Gasteiger charge is 2.38. The van der Waals surface area contributed by atoms with Crippen LogP contribution in [0.5, 0.6) is 5.75 Å². The van der Waals surface area contributed by atoms with Crippen molar-refractivity contribution in [3.05, 3.63) is 64.2 Å². The van der Waals surface area contributed by atoms with Crippen molar-refractivity contribution in [3.63, 3.8) is 0 Å². The van der Waals surface area contributed by atoms with Crippen molar-refractivity contribution in [2.75, 3.05) is 13.1 Å². The minimum absolute atomic E-state index is 0.0669. The molecular weight excluding hydrogens is 312 g/mol. The number of hydrogen-bond donors (Lipinski definition) is 2. The van der Waals surface area contributed by atoms with Crippen LogP contribution in [0.25, 0.3) is 0 Å². The van der Waals surface area contributed by atoms with Gasteiger partial charge in [-0.05, 0) is 42.7 Å². The number of phenols is 1. The maximum absolute atomic E-state index is 12.8. The molecule has 23 heavy (non-hydrogen) atoms. The van der Waals surface area contributed by atoms with Crippen LogP contribution in [0.4, 0.5) is 0 Å². The second kappa shape index (κ2) is 6.22. The van der Waals surface area contributed by atoms with E-state index in [9.17, 15) is 9.90 Å². The lowest BCUT2D eigenvalue weighted by Crippen LogP contribution is -2.43. The van der Waals surface area contributed by atoms with E-state index in [2.05, 4.69) is 11.9 Å². The molecule has 1 fully saturated rings. The van der Waals surface area contributed by atoms with E-state index >= 15 is 0 Å². The summed E-state index contributed by atoms with van der Waals surface area (Å²) in [7, 11) is 0. The van der Waals surface area contributed by atoms with Gasteiger partial charge in [0.15, 0.2) is 0 Å². The third-order valence-electron chi connectivity index (χ3n) is 4.39. The normalized spacial score (nSPS) is 24.3. The Morgan fingerprint density at radius 2 is 2.26 bits per heavy atom. The molecule has 1 unspecified atom stereocenters.